The Morgan fingerprint density at radius 2 is 2.31 bits per heavy atom. The van der Waals surface area contributed by atoms with Gasteiger partial charge in [0.2, 0.25) is 0 Å². The van der Waals surface area contributed by atoms with Crippen molar-refractivity contribution in [1.29, 1.82) is 0 Å². The molecule has 2 aromatic heterocycles. The van der Waals surface area contributed by atoms with Crippen molar-refractivity contribution in [2.75, 3.05) is 5.73 Å². The van der Waals surface area contributed by atoms with Crippen LogP contribution in [0.5, 0.6) is 0 Å². The predicted molar refractivity (Wildman–Crippen MR) is 62.8 cm³/mol. The first-order chi connectivity index (χ1) is 7.72. The van der Waals surface area contributed by atoms with Crippen LogP contribution in [0.15, 0.2) is 18.6 Å². The van der Waals surface area contributed by atoms with Gasteiger partial charge in [0, 0.05) is 6.20 Å². The topological polar surface area (TPSA) is 66.0 Å². The lowest BCUT2D eigenvalue weighted by Gasteiger charge is -2.11. The fraction of sp³-hybridized carbons (Fsp3) is 0.455. The zero-order chi connectivity index (χ0) is 11.5. The minimum atomic E-state index is 0.247. The number of nitrogens with zero attached hydrogens (tertiary/aromatic N) is 3. The van der Waals surface area contributed by atoms with Crippen LogP contribution in [0.2, 0.25) is 0 Å². The van der Waals surface area contributed by atoms with Crippen molar-refractivity contribution in [1.82, 2.24) is 14.5 Å². The zero-order valence-corrected chi connectivity index (χ0v) is 9.55. The van der Waals surface area contributed by atoms with Gasteiger partial charge in [-0.05, 0) is 19.4 Å². The summed E-state index contributed by atoms with van der Waals surface area (Å²) in [6.45, 7) is 4.64. The predicted octanol–water partition coefficient (Wildman–Crippen LogP) is 1.79. The highest BCUT2D eigenvalue weighted by atomic mass is 16.5. The molecular formula is C11H16N4O. The molecular weight excluding hydrogens is 204 g/mol. The van der Waals surface area contributed by atoms with Crippen LogP contribution in [0.4, 0.5) is 5.82 Å². The van der Waals surface area contributed by atoms with Crippen molar-refractivity contribution in [3.05, 3.63) is 18.6 Å². The lowest BCUT2D eigenvalue weighted by Crippen LogP contribution is -2.10. The monoisotopic (exact) mass is 220 g/mol. The van der Waals surface area contributed by atoms with Gasteiger partial charge >= 0.3 is 0 Å². The van der Waals surface area contributed by atoms with Crippen LogP contribution in [0.25, 0.3) is 11.0 Å². The molecule has 0 unspecified atom stereocenters. The van der Waals surface area contributed by atoms with Crippen molar-refractivity contribution in [3.63, 3.8) is 0 Å². The van der Waals surface area contributed by atoms with Crippen LogP contribution >= 0.6 is 0 Å². The van der Waals surface area contributed by atoms with E-state index in [9.17, 15) is 0 Å². The lowest BCUT2D eigenvalue weighted by atomic mass is 10.3. The number of hydrogen-bond donors (Lipinski definition) is 1. The molecule has 0 aliphatic carbocycles. The number of ether oxygens (including phenoxy) is 1. The fourth-order valence-corrected chi connectivity index (χ4v) is 1.45. The molecule has 0 fully saturated rings. The van der Waals surface area contributed by atoms with E-state index in [2.05, 4.69) is 23.8 Å². The first kappa shape index (κ1) is 10.9. The smallest absolute Gasteiger partial charge is 0.147 e. The Hall–Kier alpha value is -1.62. The summed E-state index contributed by atoms with van der Waals surface area (Å²) in [4.78, 5) is 8.14. The van der Waals surface area contributed by atoms with E-state index in [4.69, 9.17) is 10.5 Å². The molecule has 2 N–H and O–H groups in total. The molecule has 0 aliphatic heterocycles. The third kappa shape index (κ3) is 1.99. The molecule has 0 saturated heterocycles. The molecule has 2 rings (SSSR count). The molecule has 86 valence electrons. The van der Waals surface area contributed by atoms with E-state index >= 15 is 0 Å². The highest BCUT2D eigenvalue weighted by Gasteiger charge is 2.06. The first-order valence-electron chi connectivity index (χ1n) is 5.39. The molecule has 0 aromatic carbocycles. The van der Waals surface area contributed by atoms with Gasteiger partial charge in [-0.3, -0.25) is 0 Å². The van der Waals surface area contributed by atoms with Crippen molar-refractivity contribution in [3.8, 4) is 0 Å². The molecule has 2 heterocycles. The third-order valence-corrected chi connectivity index (χ3v) is 2.66. The highest BCUT2D eigenvalue weighted by Crippen LogP contribution is 2.17. The highest BCUT2D eigenvalue weighted by molar-refractivity contribution is 5.85. The van der Waals surface area contributed by atoms with E-state index in [0.717, 1.165) is 17.5 Å². The van der Waals surface area contributed by atoms with Crippen LogP contribution in [0.3, 0.4) is 0 Å². The van der Waals surface area contributed by atoms with Gasteiger partial charge in [-0.2, -0.15) is 0 Å². The van der Waals surface area contributed by atoms with E-state index in [-0.39, 0.29) is 6.10 Å². The van der Waals surface area contributed by atoms with Crippen molar-refractivity contribution < 1.29 is 4.74 Å². The molecule has 0 bridgehead atoms. The second-order valence-corrected chi connectivity index (χ2v) is 3.80. The Kier molecular flexibility index (Phi) is 3.05. The summed E-state index contributed by atoms with van der Waals surface area (Å²) >= 11 is 0. The summed E-state index contributed by atoms with van der Waals surface area (Å²) < 4.78 is 7.58. The summed E-state index contributed by atoms with van der Waals surface area (Å²) in [6, 6.07) is 1.91. The lowest BCUT2D eigenvalue weighted by molar-refractivity contribution is 0.0180. The summed E-state index contributed by atoms with van der Waals surface area (Å²) in [5.41, 5.74) is 6.56. The third-order valence-electron chi connectivity index (χ3n) is 2.66. The summed E-state index contributed by atoms with van der Waals surface area (Å²) in [6.07, 6.45) is 4.63. The van der Waals surface area contributed by atoms with E-state index in [0.29, 0.717) is 12.5 Å². The largest absolute Gasteiger partial charge is 0.383 e. The molecule has 0 spiro atoms. The van der Waals surface area contributed by atoms with E-state index in [1.54, 1.807) is 0 Å². The van der Waals surface area contributed by atoms with Crippen LogP contribution in [-0.2, 0) is 11.5 Å². The van der Waals surface area contributed by atoms with Crippen LogP contribution in [-0.4, -0.2) is 20.6 Å². The van der Waals surface area contributed by atoms with Crippen LogP contribution in [0, 0.1) is 0 Å². The summed E-state index contributed by atoms with van der Waals surface area (Å²) in [5.74, 6) is 0.507. The van der Waals surface area contributed by atoms with Crippen molar-refractivity contribution in [2.24, 2.45) is 0 Å². The van der Waals surface area contributed by atoms with Gasteiger partial charge in [0.25, 0.3) is 0 Å². The minimum absolute atomic E-state index is 0.247. The van der Waals surface area contributed by atoms with E-state index in [1.165, 1.54) is 6.33 Å². The number of nitrogen functional groups attached to an aromatic ring is 1. The molecule has 1 atom stereocenters. The maximum absolute atomic E-state index is 5.75. The molecule has 0 radical (unpaired) electrons. The standard InChI is InChI=1S/C11H16N4O/c1-3-8(2)16-7-15-5-4-9-10(12)13-6-14-11(9)15/h4-6,8H,3,7H2,1-2H3,(H2,12,13,14)/t8-/m1/s1. The second-order valence-electron chi connectivity index (χ2n) is 3.80. The van der Waals surface area contributed by atoms with Gasteiger partial charge in [-0.25, -0.2) is 9.97 Å². The van der Waals surface area contributed by atoms with Gasteiger partial charge in [-0.15, -0.1) is 0 Å². The first-order valence-corrected chi connectivity index (χ1v) is 5.39. The SMILES string of the molecule is CC[C@@H](C)OCn1ccc2c(N)ncnc21. The Labute approximate surface area is 94.2 Å². The number of fused-ring (bicyclic) bond motifs is 1. The maximum Gasteiger partial charge on any atom is 0.147 e. The summed E-state index contributed by atoms with van der Waals surface area (Å²) in [7, 11) is 0. The Balaban J connectivity index is 2.22. The second kappa shape index (κ2) is 4.49. The molecule has 0 amide bonds. The molecule has 2 aromatic rings. The Bertz CT molecular complexity index is 480. The molecule has 5 heteroatoms. The Morgan fingerprint density at radius 3 is 3.06 bits per heavy atom. The fourth-order valence-electron chi connectivity index (χ4n) is 1.45. The van der Waals surface area contributed by atoms with Gasteiger partial charge in [0.15, 0.2) is 0 Å². The van der Waals surface area contributed by atoms with Gasteiger partial charge in [0.1, 0.15) is 24.5 Å². The zero-order valence-electron chi connectivity index (χ0n) is 9.55. The number of nitrogens with two attached hydrogens (primary N) is 1. The quantitative estimate of drug-likeness (QED) is 0.853. The van der Waals surface area contributed by atoms with Crippen LogP contribution < -0.4 is 5.73 Å². The average Bonchev–Trinajstić information content (AvgIpc) is 2.70. The van der Waals surface area contributed by atoms with Crippen molar-refractivity contribution >= 4 is 16.9 Å². The van der Waals surface area contributed by atoms with E-state index in [1.807, 2.05) is 16.8 Å². The molecule has 0 aliphatic rings. The summed E-state index contributed by atoms with van der Waals surface area (Å²) in [5, 5.41) is 0.871. The number of hydrogen-bond acceptors (Lipinski definition) is 4. The van der Waals surface area contributed by atoms with Gasteiger partial charge in [0.05, 0.1) is 11.5 Å². The minimum Gasteiger partial charge on any atom is -0.383 e. The van der Waals surface area contributed by atoms with Gasteiger partial charge < -0.3 is 15.0 Å². The normalized spacial score (nSPS) is 13.1. The average molecular weight is 220 g/mol. The van der Waals surface area contributed by atoms with Crippen LogP contribution in [0.1, 0.15) is 20.3 Å². The maximum atomic E-state index is 5.75. The Morgan fingerprint density at radius 1 is 1.50 bits per heavy atom. The molecule has 0 saturated carbocycles. The number of aromatic nitrogens is 3. The van der Waals surface area contributed by atoms with Crippen molar-refractivity contribution in [2.45, 2.75) is 33.1 Å². The molecule has 5 nitrogen and oxygen atoms in total. The number of rotatable bonds is 4. The molecule has 16 heavy (non-hydrogen) atoms. The van der Waals surface area contributed by atoms with Gasteiger partial charge in [-0.1, -0.05) is 6.92 Å². The van der Waals surface area contributed by atoms with E-state index < -0.39 is 0 Å². The number of anilines is 1.